The molecule has 5 atom stereocenters. The second-order valence-electron chi connectivity index (χ2n) is 14.2. The lowest BCUT2D eigenvalue weighted by Gasteiger charge is -2.39. The average Bonchev–Trinajstić information content (AvgIpc) is 3.61. The van der Waals surface area contributed by atoms with Gasteiger partial charge in [0.05, 0.1) is 17.2 Å². The molecule has 2 aliphatic heterocycles. The summed E-state index contributed by atoms with van der Waals surface area (Å²) in [5.41, 5.74) is 1.24. The van der Waals surface area contributed by atoms with Crippen LogP contribution in [0.4, 0.5) is 0 Å². The largest absolute Gasteiger partial charge is 0.460 e. The third-order valence-corrected chi connectivity index (χ3v) is 14.3. The van der Waals surface area contributed by atoms with Crippen molar-refractivity contribution in [2.24, 2.45) is 11.8 Å². The van der Waals surface area contributed by atoms with Crippen molar-refractivity contribution in [1.82, 2.24) is 15.2 Å². The Balaban J connectivity index is 1.92. The van der Waals surface area contributed by atoms with E-state index in [1.165, 1.54) is 17.4 Å². The molecule has 0 aromatic carbocycles. The number of cyclic esters (lactones) is 1. The summed E-state index contributed by atoms with van der Waals surface area (Å²) in [6.45, 7) is 19.6. The Kier molecular flexibility index (Phi) is 12.9. The molecule has 3 heterocycles. The maximum absolute atomic E-state index is 13.5. The highest BCUT2D eigenvalue weighted by Crippen LogP contribution is 2.38. The van der Waals surface area contributed by atoms with Gasteiger partial charge in [-0.25, -0.2) is 9.78 Å². The zero-order valence-electron chi connectivity index (χ0n) is 28.5. The molecule has 2 N–H and O–H groups in total. The number of carbonyl (C=O) groups excluding carboxylic acids is 3. The molecule has 1 fully saturated rings. The molecule has 0 spiro atoms. The number of aliphatic hydroxyl groups excluding tert-OH is 1. The fourth-order valence-electron chi connectivity index (χ4n) is 5.39. The van der Waals surface area contributed by atoms with E-state index in [1.807, 2.05) is 45.9 Å². The number of nitrogens with zero attached hydrogens (tertiary/aromatic N) is 2. The number of carbonyl (C=O) groups is 3. The molecular weight excluding hydrogens is 607 g/mol. The maximum atomic E-state index is 13.5. The van der Waals surface area contributed by atoms with Crippen LogP contribution in [0, 0.1) is 11.8 Å². The number of hydrogen-bond donors (Lipinski definition) is 2. The van der Waals surface area contributed by atoms with Crippen LogP contribution in [0.25, 0.3) is 0 Å². The third kappa shape index (κ3) is 10.5. The molecule has 0 aliphatic carbocycles. The average molecular weight is 660 g/mol. The summed E-state index contributed by atoms with van der Waals surface area (Å²) in [4.78, 5) is 45.6. The van der Waals surface area contributed by atoms with Gasteiger partial charge in [0.15, 0.2) is 8.32 Å². The Morgan fingerprint density at radius 3 is 2.58 bits per heavy atom. The molecule has 0 saturated carbocycles. The highest BCUT2D eigenvalue weighted by molar-refractivity contribution is 7.09. The van der Waals surface area contributed by atoms with Crippen molar-refractivity contribution >= 4 is 37.4 Å². The van der Waals surface area contributed by atoms with E-state index in [0.717, 1.165) is 5.57 Å². The first-order chi connectivity index (χ1) is 21.0. The van der Waals surface area contributed by atoms with Crippen LogP contribution in [0.15, 0.2) is 41.3 Å². The number of fused-ring (bicyclic) bond motifs is 3. The first-order valence-electron chi connectivity index (χ1n) is 16.1. The molecule has 2 aliphatic rings. The summed E-state index contributed by atoms with van der Waals surface area (Å²) >= 11 is 1.34. The minimum Gasteiger partial charge on any atom is -0.460 e. The van der Waals surface area contributed by atoms with Crippen molar-refractivity contribution in [3.8, 4) is 0 Å². The van der Waals surface area contributed by atoms with Crippen LogP contribution in [0.3, 0.4) is 0 Å². The fraction of sp³-hybridized carbons (Fsp3) is 0.647. The van der Waals surface area contributed by atoms with Crippen LogP contribution in [0.1, 0.15) is 83.2 Å². The van der Waals surface area contributed by atoms with Crippen molar-refractivity contribution < 1.29 is 28.7 Å². The molecule has 9 nitrogen and oxygen atoms in total. The number of amides is 2. The highest BCUT2D eigenvalue weighted by atomic mass is 32.1. The van der Waals surface area contributed by atoms with Crippen LogP contribution >= 0.6 is 11.3 Å². The number of ether oxygens (including phenoxy) is 1. The lowest BCUT2D eigenvalue weighted by Crippen LogP contribution is -2.44. The van der Waals surface area contributed by atoms with Gasteiger partial charge in [-0.2, -0.15) is 0 Å². The van der Waals surface area contributed by atoms with E-state index in [9.17, 15) is 19.5 Å². The van der Waals surface area contributed by atoms with E-state index in [1.54, 1.807) is 16.4 Å². The SMILES string of the molecule is CC1=CC(O[Si](C)(C)C(C)(C)C)C[C@@H](O)Cc2nc(cs2)C(=O)N2CCC[C@@H]2C(=O)O[C@H](C(C)C)[C@H](C)/C=C/C(=O)NCC=C1. The predicted octanol–water partition coefficient (Wildman–Crippen LogP) is 5.82. The predicted molar refractivity (Wildman–Crippen MR) is 181 cm³/mol. The first kappa shape index (κ1) is 36.9. The van der Waals surface area contributed by atoms with E-state index in [-0.39, 0.29) is 46.9 Å². The van der Waals surface area contributed by atoms with Crippen molar-refractivity contribution in [3.05, 3.63) is 52.0 Å². The van der Waals surface area contributed by atoms with Crippen LogP contribution < -0.4 is 5.32 Å². The van der Waals surface area contributed by atoms with Crippen LogP contribution in [-0.4, -0.2) is 78.5 Å². The molecule has 1 unspecified atom stereocenters. The van der Waals surface area contributed by atoms with Gasteiger partial charge in [-0.1, -0.05) is 71.4 Å². The van der Waals surface area contributed by atoms with Gasteiger partial charge in [-0.05, 0) is 49.9 Å². The summed E-state index contributed by atoms with van der Waals surface area (Å²) in [5, 5.41) is 16.4. The van der Waals surface area contributed by atoms with Gasteiger partial charge in [-0.15, -0.1) is 11.3 Å². The van der Waals surface area contributed by atoms with Crippen molar-refractivity contribution in [2.45, 2.75) is 117 Å². The summed E-state index contributed by atoms with van der Waals surface area (Å²) in [5.74, 6) is -1.18. The lowest BCUT2D eigenvalue weighted by molar-refractivity contribution is -0.158. The Hall–Kier alpha value is -2.60. The summed E-state index contributed by atoms with van der Waals surface area (Å²) in [6.07, 6.45) is 9.47. The van der Waals surface area contributed by atoms with Crippen molar-refractivity contribution in [3.63, 3.8) is 0 Å². The molecule has 1 saturated heterocycles. The number of nitrogens with one attached hydrogen (secondary N) is 1. The molecule has 2 bridgehead atoms. The number of allylic oxidation sites excluding steroid dienone is 2. The van der Waals surface area contributed by atoms with Gasteiger partial charge in [0, 0.05) is 37.2 Å². The zero-order valence-corrected chi connectivity index (χ0v) is 30.3. The standard InChI is InChI=1S/C34H53N3O6SSi/c1-22(2)31-24(4)14-15-29(39)35-16-10-12-23(3)18-26(43-45(8,9)34(5,6)7)19-25(38)20-30-36-27(21-44-30)32(40)37-17-11-13-28(37)33(41)42-31/h10,12,14-15,18,21-22,24-26,28,31,38H,11,13,16-17,19-20H2,1-9H3,(H,35,39)/b12-10?,15-14+,23-18?/t24-,25-,26?,28-,31-/m1/s1. The second-order valence-corrected chi connectivity index (χ2v) is 19.9. The van der Waals surface area contributed by atoms with Crippen LogP contribution in [0.5, 0.6) is 0 Å². The molecule has 2 amide bonds. The zero-order chi connectivity index (χ0) is 33.5. The molecular formula is C34H53N3O6SSi. The van der Waals surface area contributed by atoms with Gasteiger partial charge in [-0.3, -0.25) is 9.59 Å². The number of hydrogen-bond acceptors (Lipinski definition) is 8. The van der Waals surface area contributed by atoms with E-state index >= 15 is 0 Å². The molecule has 1 aromatic rings. The quantitative estimate of drug-likeness (QED) is 0.310. The smallest absolute Gasteiger partial charge is 0.329 e. The van der Waals surface area contributed by atoms with Gasteiger partial charge in [0.1, 0.15) is 17.8 Å². The summed E-state index contributed by atoms with van der Waals surface area (Å²) in [6, 6.07) is -0.689. The molecule has 0 radical (unpaired) electrons. The second kappa shape index (κ2) is 15.8. The first-order valence-corrected chi connectivity index (χ1v) is 19.9. The van der Waals surface area contributed by atoms with Crippen LogP contribution in [-0.2, 0) is 25.2 Å². The van der Waals surface area contributed by atoms with Gasteiger partial charge < -0.3 is 24.5 Å². The van der Waals surface area contributed by atoms with E-state index < -0.39 is 32.5 Å². The van der Waals surface area contributed by atoms with Crippen LogP contribution in [0.2, 0.25) is 18.1 Å². The Labute approximate surface area is 274 Å². The molecule has 3 rings (SSSR count). The summed E-state index contributed by atoms with van der Waals surface area (Å²) in [7, 11) is -2.16. The van der Waals surface area contributed by atoms with E-state index in [0.29, 0.717) is 37.4 Å². The van der Waals surface area contributed by atoms with Gasteiger partial charge in [0.2, 0.25) is 5.91 Å². The number of thiazole rings is 1. The van der Waals surface area contributed by atoms with Gasteiger partial charge >= 0.3 is 5.97 Å². The normalized spacial score (nSPS) is 27.5. The Morgan fingerprint density at radius 2 is 1.91 bits per heavy atom. The minimum atomic E-state index is -2.16. The maximum Gasteiger partial charge on any atom is 0.329 e. The summed E-state index contributed by atoms with van der Waals surface area (Å²) < 4.78 is 12.7. The molecule has 11 heteroatoms. The number of rotatable bonds is 3. The Bertz CT molecular complexity index is 1280. The monoisotopic (exact) mass is 659 g/mol. The van der Waals surface area contributed by atoms with E-state index in [4.69, 9.17) is 9.16 Å². The lowest BCUT2D eigenvalue weighted by atomic mass is 9.94. The number of aromatic nitrogens is 1. The molecule has 250 valence electrons. The molecule has 45 heavy (non-hydrogen) atoms. The highest BCUT2D eigenvalue weighted by Gasteiger charge is 2.40. The number of aliphatic hydroxyl groups is 1. The fourth-order valence-corrected chi connectivity index (χ4v) is 7.50. The van der Waals surface area contributed by atoms with Crippen molar-refractivity contribution in [2.75, 3.05) is 13.1 Å². The molecule has 1 aromatic heterocycles. The third-order valence-electron chi connectivity index (χ3n) is 8.93. The van der Waals surface area contributed by atoms with Gasteiger partial charge in [0.25, 0.3) is 5.91 Å². The Morgan fingerprint density at radius 1 is 1.20 bits per heavy atom. The topological polar surface area (TPSA) is 118 Å². The number of esters is 1. The minimum absolute atomic E-state index is 0.00589. The van der Waals surface area contributed by atoms with Crippen molar-refractivity contribution in [1.29, 1.82) is 0 Å². The van der Waals surface area contributed by atoms with E-state index in [2.05, 4.69) is 44.2 Å².